The number of amides is 2. The predicted octanol–water partition coefficient (Wildman–Crippen LogP) is -0.169. The second-order valence-electron chi connectivity index (χ2n) is 4.36. The van der Waals surface area contributed by atoms with Crippen molar-refractivity contribution in [3.8, 4) is 0 Å². The van der Waals surface area contributed by atoms with Gasteiger partial charge in [-0.1, -0.05) is 5.16 Å². The van der Waals surface area contributed by atoms with Gasteiger partial charge in [-0.25, -0.2) is 14.4 Å². The molecule has 0 saturated carbocycles. The van der Waals surface area contributed by atoms with Crippen molar-refractivity contribution in [3.63, 3.8) is 0 Å². The van der Waals surface area contributed by atoms with Crippen LogP contribution in [0.2, 0.25) is 0 Å². The van der Waals surface area contributed by atoms with Gasteiger partial charge in [-0.2, -0.15) is 5.06 Å². The molecule has 0 aliphatic heterocycles. The van der Waals surface area contributed by atoms with Crippen molar-refractivity contribution in [1.82, 2.24) is 15.7 Å². The van der Waals surface area contributed by atoms with Crippen LogP contribution in [-0.2, 0) is 14.5 Å². The maximum atomic E-state index is 11.4. The molecule has 0 saturated heterocycles. The van der Waals surface area contributed by atoms with Gasteiger partial charge in [-0.3, -0.25) is 4.84 Å². The number of carboxylic acid groups (broad SMARTS) is 1. The second-order valence-corrected chi connectivity index (χ2v) is 4.36. The van der Waals surface area contributed by atoms with Crippen LogP contribution in [-0.4, -0.2) is 60.8 Å². The van der Waals surface area contributed by atoms with Gasteiger partial charge in [0.15, 0.2) is 11.9 Å². The highest BCUT2D eigenvalue weighted by Crippen LogP contribution is 2.12. The number of unbranched alkanes of at least 4 members (excludes halogenated alkanes) is 1. The number of hydroxylamine groups is 2. The van der Waals surface area contributed by atoms with Crippen LogP contribution in [0.4, 0.5) is 9.59 Å². The van der Waals surface area contributed by atoms with Crippen molar-refractivity contribution in [2.75, 3.05) is 20.6 Å². The monoisotopic (exact) mass is 333 g/mol. The molecule has 0 fully saturated rings. The largest absolute Gasteiger partial charge is 0.480 e. The van der Waals surface area contributed by atoms with Crippen molar-refractivity contribution in [3.05, 3.63) is 0 Å². The Morgan fingerprint density at radius 3 is 2.30 bits per heavy atom. The average molecular weight is 333 g/mol. The number of oxime groups is 1. The molecule has 0 radical (unpaired) electrons. The summed E-state index contributed by atoms with van der Waals surface area (Å²) in [6.07, 6.45) is -0.451. The first-order valence-corrected chi connectivity index (χ1v) is 6.92. The number of carboxylic acids is 1. The van der Waals surface area contributed by atoms with Gasteiger partial charge < -0.3 is 26.3 Å². The number of amidine groups is 1. The van der Waals surface area contributed by atoms with Gasteiger partial charge >= 0.3 is 18.2 Å². The van der Waals surface area contributed by atoms with Crippen molar-refractivity contribution >= 4 is 24.0 Å². The van der Waals surface area contributed by atoms with E-state index in [9.17, 15) is 19.5 Å². The third-order valence-corrected chi connectivity index (χ3v) is 2.67. The number of nitrogens with one attached hydrogen (secondary N) is 2. The molecule has 0 unspecified atom stereocenters. The van der Waals surface area contributed by atoms with Crippen molar-refractivity contribution < 1.29 is 29.2 Å². The summed E-state index contributed by atoms with van der Waals surface area (Å²) in [5, 5.41) is 17.9. The summed E-state index contributed by atoms with van der Waals surface area (Å²) in [6.45, 7) is 1.75. The van der Waals surface area contributed by atoms with E-state index in [2.05, 4.69) is 20.6 Å². The molecule has 5 N–H and O–H groups in total. The summed E-state index contributed by atoms with van der Waals surface area (Å²) in [7, 11) is 2.65. The molecular formula is C12H23N5O6. The molecular weight excluding hydrogens is 310 g/mol. The number of carbonyl (C=O) groups is 3. The first kappa shape index (κ1) is 20.4. The van der Waals surface area contributed by atoms with Crippen LogP contribution in [0.3, 0.4) is 0 Å². The number of hydrogen-bond donors (Lipinski definition) is 4. The molecule has 23 heavy (non-hydrogen) atoms. The lowest BCUT2D eigenvalue weighted by Gasteiger charge is -2.27. The van der Waals surface area contributed by atoms with E-state index in [1.54, 1.807) is 0 Å². The summed E-state index contributed by atoms with van der Waals surface area (Å²) in [6, 6.07) is -1.20. The van der Waals surface area contributed by atoms with Crippen LogP contribution in [0.1, 0.15) is 26.2 Å². The molecule has 0 aliphatic carbocycles. The topological polar surface area (TPSA) is 156 Å². The van der Waals surface area contributed by atoms with Crippen molar-refractivity contribution in [2.24, 2.45) is 10.9 Å². The Labute approximate surface area is 133 Å². The zero-order chi connectivity index (χ0) is 17.8. The molecule has 0 aromatic heterocycles. The van der Waals surface area contributed by atoms with Crippen LogP contribution < -0.4 is 16.4 Å². The van der Waals surface area contributed by atoms with Crippen LogP contribution in [0.15, 0.2) is 5.16 Å². The van der Waals surface area contributed by atoms with Crippen LogP contribution >= 0.6 is 0 Å². The molecule has 11 heteroatoms. The van der Waals surface area contributed by atoms with E-state index in [4.69, 9.17) is 10.6 Å². The van der Waals surface area contributed by atoms with E-state index in [-0.39, 0.29) is 12.3 Å². The summed E-state index contributed by atoms with van der Waals surface area (Å²) in [5.41, 5.74) is 5.38. The fourth-order valence-corrected chi connectivity index (χ4v) is 1.51. The third kappa shape index (κ3) is 7.85. The first-order chi connectivity index (χ1) is 10.9. The van der Waals surface area contributed by atoms with Crippen molar-refractivity contribution in [2.45, 2.75) is 32.2 Å². The highest BCUT2D eigenvalue weighted by molar-refractivity contribution is 5.86. The van der Waals surface area contributed by atoms with Gasteiger partial charge in [0.2, 0.25) is 0 Å². The molecule has 0 aromatic carbocycles. The van der Waals surface area contributed by atoms with E-state index in [0.717, 1.165) is 5.06 Å². The Morgan fingerprint density at radius 2 is 1.83 bits per heavy atom. The normalized spacial score (nSPS) is 12.1. The Kier molecular flexibility index (Phi) is 9.83. The number of aliphatic carboxylic acids is 1. The van der Waals surface area contributed by atoms with Gasteiger partial charge in [-0.15, -0.1) is 0 Å². The maximum Gasteiger partial charge on any atom is 0.433 e. The van der Waals surface area contributed by atoms with E-state index in [1.807, 2.05) is 0 Å². The number of carbonyl (C=O) groups excluding carboxylic acids is 2. The molecule has 132 valence electrons. The lowest BCUT2D eigenvalue weighted by atomic mass is 10.1. The first-order valence-electron chi connectivity index (χ1n) is 6.92. The molecule has 0 aliphatic rings. The SMILES string of the molecule is CNC(=O)O/N=C(/C)N(OC(=O)NC)[C@@H](CCCCN)C(=O)O. The fourth-order valence-electron chi connectivity index (χ4n) is 1.51. The Bertz CT molecular complexity index is 442. The van der Waals surface area contributed by atoms with Crippen LogP contribution in [0.25, 0.3) is 0 Å². The zero-order valence-corrected chi connectivity index (χ0v) is 13.4. The van der Waals surface area contributed by atoms with E-state index in [1.165, 1.54) is 21.0 Å². The lowest BCUT2D eigenvalue weighted by molar-refractivity contribution is -0.154. The molecule has 11 nitrogen and oxygen atoms in total. The van der Waals surface area contributed by atoms with Gasteiger partial charge in [0, 0.05) is 21.0 Å². The highest BCUT2D eigenvalue weighted by Gasteiger charge is 2.30. The van der Waals surface area contributed by atoms with E-state index >= 15 is 0 Å². The van der Waals surface area contributed by atoms with E-state index < -0.39 is 24.2 Å². The second kappa shape index (κ2) is 11.1. The Hall–Kier alpha value is -2.56. The Balaban J connectivity index is 5.23. The molecule has 0 spiro atoms. The van der Waals surface area contributed by atoms with Gasteiger partial charge in [0.1, 0.15) is 0 Å². The number of nitrogens with zero attached hydrogens (tertiary/aromatic N) is 2. The summed E-state index contributed by atoms with van der Waals surface area (Å²) < 4.78 is 0. The Morgan fingerprint density at radius 1 is 1.22 bits per heavy atom. The zero-order valence-electron chi connectivity index (χ0n) is 13.4. The average Bonchev–Trinajstić information content (AvgIpc) is 2.53. The predicted molar refractivity (Wildman–Crippen MR) is 80.4 cm³/mol. The molecule has 0 heterocycles. The van der Waals surface area contributed by atoms with Crippen molar-refractivity contribution in [1.29, 1.82) is 0 Å². The number of rotatable bonds is 7. The summed E-state index contributed by atoms with van der Waals surface area (Å²) in [5.74, 6) is -1.34. The molecule has 1 atom stereocenters. The van der Waals surface area contributed by atoms with Gasteiger partial charge in [0.05, 0.1) is 0 Å². The standard InChI is InChI=1S/C12H23N5O6/c1-8(16-22-11(20)14-2)17(23-12(21)15-3)9(10(18)19)6-4-5-7-13/h9H,4-7,13H2,1-3H3,(H,14,20)(H,15,21)(H,18,19)/b16-8-/t9-/m0/s1. The van der Waals surface area contributed by atoms with Gasteiger partial charge in [0.25, 0.3) is 0 Å². The number of nitrogens with two attached hydrogens (primary N) is 1. The third-order valence-electron chi connectivity index (χ3n) is 2.67. The van der Waals surface area contributed by atoms with Crippen LogP contribution in [0, 0.1) is 0 Å². The maximum absolute atomic E-state index is 11.4. The lowest BCUT2D eigenvalue weighted by Crippen LogP contribution is -2.47. The summed E-state index contributed by atoms with van der Waals surface area (Å²) in [4.78, 5) is 43.3. The molecule has 2 amide bonds. The minimum atomic E-state index is -1.22. The smallest absolute Gasteiger partial charge is 0.433 e. The number of hydrogen-bond acceptors (Lipinski definition) is 7. The summed E-state index contributed by atoms with van der Waals surface area (Å²) >= 11 is 0. The van der Waals surface area contributed by atoms with Gasteiger partial charge in [-0.05, 0) is 25.8 Å². The van der Waals surface area contributed by atoms with E-state index in [0.29, 0.717) is 19.4 Å². The minimum Gasteiger partial charge on any atom is -0.480 e. The van der Waals surface area contributed by atoms with Crippen LogP contribution in [0.5, 0.6) is 0 Å². The highest BCUT2D eigenvalue weighted by atomic mass is 16.7. The molecule has 0 bridgehead atoms. The molecule has 0 rings (SSSR count). The molecule has 0 aromatic rings. The fraction of sp³-hybridized carbons (Fsp3) is 0.667. The minimum absolute atomic E-state index is 0.114. The quantitative estimate of drug-likeness (QED) is 0.164.